The summed E-state index contributed by atoms with van der Waals surface area (Å²) in [6.45, 7) is 1.18. The van der Waals surface area contributed by atoms with E-state index in [2.05, 4.69) is 10.3 Å². The third-order valence-corrected chi connectivity index (χ3v) is 7.13. The molecule has 14 heteroatoms. The highest BCUT2D eigenvalue weighted by Gasteiger charge is 2.47. The van der Waals surface area contributed by atoms with Crippen LogP contribution in [0.2, 0.25) is 0 Å². The highest BCUT2D eigenvalue weighted by Crippen LogP contribution is 2.34. The topological polar surface area (TPSA) is 161 Å². The van der Waals surface area contributed by atoms with Gasteiger partial charge >= 0.3 is 12.1 Å². The Morgan fingerprint density at radius 2 is 1.88 bits per heavy atom. The Hall–Kier alpha value is -3.88. The second-order valence-corrected chi connectivity index (χ2v) is 9.95. The van der Waals surface area contributed by atoms with Crippen LogP contribution >= 0.6 is 0 Å². The molecule has 3 aromatic rings. The Labute approximate surface area is 231 Å². The molecule has 2 atom stereocenters. The number of carboxylic acid groups (broad SMARTS) is 1. The first-order valence-corrected chi connectivity index (χ1v) is 12.8. The minimum absolute atomic E-state index is 0.0898. The number of aliphatic carboxylic acids is 1. The van der Waals surface area contributed by atoms with Gasteiger partial charge in [0.25, 0.3) is 5.56 Å². The number of aliphatic hydroxyl groups is 2. The fraction of sp³-hybridized carbons (Fsp3) is 0.444. The third kappa shape index (κ3) is 6.89. The number of alkyl halides is 3. The second-order valence-electron chi connectivity index (χ2n) is 9.95. The van der Waals surface area contributed by atoms with E-state index in [9.17, 15) is 42.9 Å². The first-order valence-electron chi connectivity index (χ1n) is 12.8. The molecular weight excluding hydrogens is 551 g/mol. The SMILES string of the molecule is O=C(CC(CCn1nnc2ccc(C(F)(F)F)cc2c1=O)(C(=O)O)C(O)O)c1ccc(OCC2CCCOC2)cc1. The molecule has 1 saturated heterocycles. The molecule has 3 N–H and O–H groups in total. The Kier molecular flexibility index (Phi) is 9.05. The van der Waals surface area contributed by atoms with Crippen molar-refractivity contribution in [1.82, 2.24) is 15.0 Å². The van der Waals surface area contributed by atoms with Gasteiger partial charge in [-0.15, -0.1) is 5.10 Å². The van der Waals surface area contributed by atoms with Crippen LogP contribution in [0.25, 0.3) is 10.9 Å². The lowest BCUT2D eigenvalue weighted by atomic mass is 9.77. The molecular formula is C27H28F3N3O8. The van der Waals surface area contributed by atoms with Crippen LogP contribution in [-0.4, -0.2) is 68.2 Å². The van der Waals surface area contributed by atoms with E-state index in [4.69, 9.17) is 9.47 Å². The third-order valence-electron chi connectivity index (χ3n) is 7.13. The minimum Gasteiger partial charge on any atom is -0.493 e. The van der Waals surface area contributed by atoms with Crippen molar-refractivity contribution in [2.75, 3.05) is 19.8 Å². The zero-order valence-corrected chi connectivity index (χ0v) is 21.7. The number of hydrogen-bond acceptors (Lipinski definition) is 9. The Morgan fingerprint density at radius 1 is 1.15 bits per heavy atom. The van der Waals surface area contributed by atoms with Crippen molar-refractivity contribution in [3.8, 4) is 5.75 Å². The lowest BCUT2D eigenvalue weighted by molar-refractivity contribution is -0.183. The minimum atomic E-state index is -4.72. The normalized spacial score (nSPS) is 17.4. The molecule has 220 valence electrons. The summed E-state index contributed by atoms with van der Waals surface area (Å²) in [5.74, 6) is -1.71. The standard InChI is InChI=1S/C27H28F3N3O8/c28-27(29,30)18-5-8-21-20(12-18)23(35)33(32-31-21)10-9-26(24(36)37,25(38)39)13-22(34)17-3-6-19(7-4-17)41-15-16-2-1-11-40-14-16/h3-8,12,16,24,36-37H,1-2,9-11,13-15H2,(H,38,39). The van der Waals surface area contributed by atoms with Gasteiger partial charge in [-0.1, -0.05) is 5.21 Å². The van der Waals surface area contributed by atoms with Gasteiger partial charge in [0.15, 0.2) is 12.1 Å². The number of aromatic nitrogens is 3. The molecule has 0 amide bonds. The summed E-state index contributed by atoms with van der Waals surface area (Å²) in [7, 11) is 0. The molecule has 0 radical (unpaired) electrons. The van der Waals surface area contributed by atoms with E-state index < -0.39 is 65.5 Å². The van der Waals surface area contributed by atoms with Gasteiger partial charge in [-0.3, -0.25) is 14.4 Å². The fourth-order valence-corrected chi connectivity index (χ4v) is 4.58. The van der Waals surface area contributed by atoms with Crippen molar-refractivity contribution in [3.05, 3.63) is 63.9 Å². The fourth-order valence-electron chi connectivity index (χ4n) is 4.58. The molecule has 1 aliphatic rings. The van der Waals surface area contributed by atoms with E-state index in [1.54, 1.807) is 0 Å². The van der Waals surface area contributed by atoms with Gasteiger partial charge in [0.2, 0.25) is 0 Å². The number of nitrogens with zero attached hydrogens (tertiary/aromatic N) is 3. The number of carbonyl (C=O) groups excluding carboxylic acids is 1. The summed E-state index contributed by atoms with van der Waals surface area (Å²) >= 11 is 0. The molecule has 1 fully saturated rings. The molecule has 0 saturated carbocycles. The molecule has 2 heterocycles. The zero-order valence-electron chi connectivity index (χ0n) is 21.7. The summed E-state index contributed by atoms with van der Waals surface area (Å²) in [4.78, 5) is 38.1. The average molecular weight is 580 g/mol. The van der Waals surface area contributed by atoms with Gasteiger partial charge < -0.3 is 24.8 Å². The average Bonchev–Trinajstić information content (AvgIpc) is 2.94. The smallest absolute Gasteiger partial charge is 0.416 e. The van der Waals surface area contributed by atoms with Gasteiger partial charge in [0.1, 0.15) is 16.7 Å². The molecule has 2 aromatic carbocycles. The van der Waals surface area contributed by atoms with Gasteiger partial charge in [-0.25, -0.2) is 4.68 Å². The summed E-state index contributed by atoms with van der Waals surface area (Å²) < 4.78 is 51.1. The van der Waals surface area contributed by atoms with Gasteiger partial charge in [0, 0.05) is 31.1 Å². The first-order chi connectivity index (χ1) is 19.4. The molecule has 11 nitrogen and oxygen atoms in total. The first kappa shape index (κ1) is 30.1. The number of carboxylic acids is 1. The van der Waals surface area contributed by atoms with E-state index in [0.717, 1.165) is 31.6 Å². The van der Waals surface area contributed by atoms with Crippen molar-refractivity contribution in [3.63, 3.8) is 0 Å². The lowest BCUT2D eigenvalue weighted by Crippen LogP contribution is -2.45. The van der Waals surface area contributed by atoms with Crippen LogP contribution in [0.1, 0.15) is 41.6 Å². The maximum absolute atomic E-state index is 13.1. The van der Waals surface area contributed by atoms with Gasteiger partial charge in [-0.05, 0) is 61.7 Å². The molecule has 0 aliphatic carbocycles. The molecule has 41 heavy (non-hydrogen) atoms. The van der Waals surface area contributed by atoms with Crippen molar-refractivity contribution >= 4 is 22.7 Å². The summed E-state index contributed by atoms with van der Waals surface area (Å²) in [5, 5.41) is 37.0. The van der Waals surface area contributed by atoms with Gasteiger partial charge in [0.05, 0.1) is 24.2 Å². The van der Waals surface area contributed by atoms with E-state index in [1.165, 1.54) is 24.3 Å². The number of Topliss-reactive ketones (excluding diaryl/α,β-unsaturated/α-hetero) is 1. The maximum atomic E-state index is 13.1. The molecule has 1 aliphatic heterocycles. The summed E-state index contributed by atoms with van der Waals surface area (Å²) in [6, 6.07) is 8.24. The van der Waals surface area contributed by atoms with Crippen LogP contribution in [0.3, 0.4) is 0 Å². The number of fused-ring (bicyclic) bond motifs is 1. The molecule has 1 aromatic heterocycles. The molecule has 4 rings (SSSR count). The molecule has 0 bridgehead atoms. The largest absolute Gasteiger partial charge is 0.493 e. The van der Waals surface area contributed by atoms with Crippen LogP contribution in [0.15, 0.2) is 47.3 Å². The monoisotopic (exact) mass is 579 g/mol. The van der Waals surface area contributed by atoms with E-state index >= 15 is 0 Å². The van der Waals surface area contributed by atoms with Crippen LogP contribution in [0.4, 0.5) is 13.2 Å². The van der Waals surface area contributed by atoms with Crippen LogP contribution in [0.5, 0.6) is 5.75 Å². The van der Waals surface area contributed by atoms with E-state index in [0.29, 0.717) is 29.7 Å². The summed E-state index contributed by atoms with van der Waals surface area (Å²) in [6.07, 6.45) is -6.84. The van der Waals surface area contributed by atoms with Crippen LogP contribution in [-0.2, 0) is 22.3 Å². The number of aryl methyl sites for hydroxylation is 1. The highest BCUT2D eigenvalue weighted by molar-refractivity contribution is 5.99. The number of aliphatic hydroxyl groups excluding tert-OH is 1. The number of carbonyl (C=O) groups is 2. The predicted molar refractivity (Wildman–Crippen MR) is 136 cm³/mol. The Bertz CT molecular complexity index is 1450. The van der Waals surface area contributed by atoms with Crippen molar-refractivity contribution in [2.24, 2.45) is 11.3 Å². The molecule has 0 spiro atoms. The number of benzene rings is 2. The highest BCUT2D eigenvalue weighted by atomic mass is 19.4. The number of rotatable bonds is 11. The lowest BCUT2D eigenvalue weighted by Gasteiger charge is -2.30. The van der Waals surface area contributed by atoms with Crippen molar-refractivity contribution in [2.45, 2.75) is 44.7 Å². The van der Waals surface area contributed by atoms with Gasteiger partial charge in [-0.2, -0.15) is 13.2 Å². The Morgan fingerprint density at radius 3 is 2.49 bits per heavy atom. The van der Waals surface area contributed by atoms with E-state index in [-0.39, 0.29) is 17.0 Å². The second kappa shape index (κ2) is 12.3. The van der Waals surface area contributed by atoms with E-state index in [1.807, 2.05) is 0 Å². The van der Waals surface area contributed by atoms with Crippen LogP contribution < -0.4 is 10.3 Å². The number of hydrogen-bond donors (Lipinski definition) is 3. The van der Waals surface area contributed by atoms with Crippen molar-refractivity contribution < 1.29 is 47.6 Å². The van der Waals surface area contributed by atoms with Crippen molar-refractivity contribution in [1.29, 1.82) is 0 Å². The van der Waals surface area contributed by atoms with Crippen LogP contribution in [0, 0.1) is 11.3 Å². The number of ether oxygens (including phenoxy) is 2. The number of ketones is 1. The quantitative estimate of drug-likeness (QED) is 0.228. The number of halogens is 3. The summed E-state index contributed by atoms with van der Waals surface area (Å²) in [5.41, 5.74) is -4.56. The maximum Gasteiger partial charge on any atom is 0.416 e. The predicted octanol–water partition coefficient (Wildman–Crippen LogP) is 2.66. The zero-order chi connectivity index (χ0) is 29.8. The molecule has 2 unspecified atom stereocenters. The Balaban J connectivity index is 1.50.